The van der Waals surface area contributed by atoms with Crippen LogP contribution in [0, 0.1) is 11.3 Å². The second kappa shape index (κ2) is 11.9. The van der Waals surface area contributed by atoms with Gasteiger partial charge in [-0.1, -0.05) is 24.3 Å². The van der Waals surface area contributed by atoms with Gasteiger partial charge in [-0.3, -0.25) is 15.0 Å². The van der Waals surface area contributed by atoms with Crippen LogP contribution in [0.15, 0.2) is 42.5 Å². The van der Waals surface area contributed by atoms with E-state index in [1.807, 2.05) is 24.3 Å². The van der Waals surface area contributed by atoms with Crippen molar-refractivity contribution >= 4 is 23.5 Å². The number of ketones is 1. The van der Waals surface area contributed by atoms with E-state index in [0.29, 0.717) is 22.6 Å². The Bertz CT molecular complexity index is 1050. The van der Waals surface area contributed by atoms with Gasteiger partial charge in [0.2, 0.25) is 5.78 Å². The van der Waals surface area contributed by atoms with Crippen LogP contribution in [0.4, 0.5) is 0 Å². The molecule has 3 rings (SSSR count). The molecule has 1 fully saturated rings. The monoisotopic (exact) mass is 466 g/mol. The van der Waals surface area contributed by atoms with Crippen LogP contribution >= 0.6 is 0 Å². The quantitative estimate of drug-likeness (QED) is 0.146. The molecule has 9 nitrogen and oxygen atoms in total. The number of carbonyl (C=O) groups is 3. The van der Waals surface area contributed by atoms with E-state index in [0.717, 1.165) is 19.5 Å². The maximum Gasteiger partial charge on any atom is 0.372 e. The predicted molar refractivity (Wildman–Crippen MR) is 127 cm³/mol. The topological polar surface area (TPSA) is 155 Å². The minimum absolute atomic E-state index is 0.0924. The third kappa shape index (κ3) is 7.14. The number of amides is 1. The summed E-state index contributed by atoms with van der Waals surface area (Å²) in [4.78, 5) is 35.0. The molecular formula is C25H30N4O5. The lowest BCUT2D eigenvalue weighted by Gasteiger charge is -2.22. The van der Waals surface area contributed by atoms with Crippen LogP contribution in [-0.4, -0.2) is 54.8 Å². The van der Waals surface area contributed by atoms with E-state index in [4.69, 9.17) is 21.0 Å². The number of aliphatic carboxylic acids is 1. The first-order valence-corrected chi connectivity index (χ1v) is 11.3. The summed E-state index contributed by atoms with van der Waals surface area (Å²) in [5, 5.41) is 22.6. The van der Waals surface area contributed by atoms with E-state index in [9.17, 15) is 14.4 Å². The molecule has 0 bridgehead atoms. The van der Waals surface area contributed by atoms with E-state index in [1.165, 1.54) is 36.6 Å². The molecule has 1 aliphatic rings. The molecule has 180 valence electrons. The Morgan fingerprint density at radius 2 is 1.76 bits per heavy atom. The third-order valence-electron chi connectivity index (χ3n) is 5.81. The molecule has 0 atom stereocenters. The zero-order valence-corrected chi connectivity index (χ0v) is 18.9. The van der Waals surface area contributed by atoms with Crippen molar-refractivity contribution in [1.29, 1.82) is 5.41 Å². The summed E-state index contributed by atoms with van der Waals surface area (Å²) in [6, 6.07) is 12.1. The average molecular weight is 467 g/mol. The molecule has 1 saturated heterocycles. The van der Waals surface area contributed by atoms with Gasteiger partial charge in [0.1, 0.15) is 18.2 Å². The van der Waals surface area contributed by atoms with E-state index in [1.54, 1.807) is 0 Å². The van der Waals surface area contributed by atoms with Crippen LogP contribution in [0.5, 0.6) is 5.75 Å². The lowest BCUT2D eigenvalue weighted by molar-refractivity contribution is -0.148. The van der Waals surface area contributed by atoms with Crippen LogP contribution in [0.25, 0.3) is 0 Å². The van der Waals surface area contributed by atoms with Gasteiger partial charge in [0.25, 0.3) is 5.91 Å². The van der Waals surface area contributed by atoms with Gasteiger partial charge in [-0.15, -0.1) is 0 Å². The summed E-state index contributed by atoms with van der Waals surface area (Å²) >= 11 is 0. The molecule has 2 aromatic rings. The molecule has 0 aromatic heterocycles. The standard InChI is InChI=1S/C25H30N4O5/c26-23(27)20-6-5-19(14-21(30)25(32)33)22(15-20)34-12-11-29-24(31)18-3-1-16(2-4-18)13-17-7-9-28-10-8-17/h1-6,15,17,28H,7-14H2,(H3,26,27)(H,29,31)(H,32,33). The molecule has 1 amide bonds. The Balaban J connectivity index is 1.52. The second-order valence-electron chi connectivity index (χ2n) is 8.34. The Morgan fingerprint density at radius 3 is 2.41 bits per heavy atom. The molecular weight excluding hydrogens is 436 g/mol. The SMILES string of the molecule is N=C(N)c1ccc(CC(=O)C(=O)O)c(OCCNC(=O)c2ccc(CC3CCNCC3)cc2)c1. The lowest BCUT2D eigenvalue weighted by Crippen LogP contribution is -2.29. The molecule has 34 heavy (non-hydrogen) atoms. The minimum Gasteiger partial charge on any atom is -0.491 e. The molecule has 0 unspecified atom stereocenters. The number of nitrogens with one attached hydrogen (secondary N) is 3. The van der Waals surface area contributed by atoms with E-state index < -0.39 is 11.8 Å². The molecule has 0 saturated carbocycles. The summed E-state index contributed by atoms with van der Waals surface area (Å²) in [6.45, 7) is 2.41. The van der Waals surface area contributed by atoms with Crippen LogP contribution in [0.1, 0.15) is 39.9 Å². The maximum atomic E-state index is 12.5. The summed E-state index contributed by atoms with van der Waals surface area (Å²) in [6.07, 6.45) is 3.01. The van der Waals surface area contributed by atoms with Gasteiger partial charge in [0.05, 0.1) is 6.54 Å². The van der Waals surface area contributed by atoms with Crippen molar-refractivity contribution in [3.05, 3.63) is 64.7 Å². The van der Waals surface area contributed by atoms with E-state index in [2.05, 4.69) is 10.6 Å². The highest BCUT2D eigenvalue weighted by Crippen LogP contribution is 2.22. The number of carboxylic acids is 1. The molecule has 1 aliphatic heterocycles. The lowest BCUT2D eigenvalue weighted by atomic mass is 9.91. The molecule has 1 heterocycles. The molecule has 0 spiro atoms. The van der Waals surface area contributed by atoms with Gasteiger partial charge in [0, 0.05) is 23.1 Å². The highest BCUT2D eigenvalue weighted by Gasteiger charge is 2.17. The largest absolute Gasteiger partial charge is 0.491 e. The number of nitrogens with two attached hydrogens (primary N) is 1. The smallest absolute Gasteiger partial charge is 0.372 e. The van der Waals surface area contributed by atoms with Crippen molar-refractivity contribution in [3.63, 3.8) is 0 Å². The summed E-state index contributed by atoms with van der Waals surface area (Å²) in [5.41, 5.74) is 8.04. The van der Waals surface area contributed by atoms with Crippen molar-refractivity contribution in [2.24, 2.45) is 11.7 Å². The summed E-state index contributed by atoms with van der Waals surface area (Å²) in [5.74, 6) is -1.99. The van der Waals surface area contributed by atoms with Gasteiger partial charge in [-0.05, 0) is 62.0 Å². The van der Waals surface area contributed by atoms with Gasteiger partial charge in [-0.2, -0.15) is 0 Å². The second-order valence-corrected chi connectivity index (χ2v) is 8.34. The number of ether oxygens (including phenoxy) is 1. The first kappa shape index (κ1) is 24.9. The fraction of sp³-hybridized carbons (Fsp3) is 0.360. The number of hydrogen-bond acceptors (Lipinski definition) is 6. The van der Waals surface area contributed by atoms with E-state index in [-0.39, 0.29) is 37.1 Å². The van der Waals surface area contributed by atoms with Gasteiger partial charge >= 0.3 is 5.97 Å². The summed E-state index contributed by atoms with van der Waals surface area (Å²) in [7, 11) is 0. The highest BCUT2D eigenvalue weighted by atomic mass is 16.5. The first-order valence-electron chi connectivity index (χ1n) is 11.3. The maximum absolute atomic E-state index is 12.5. The van der Waals surface area contributed by atoms with Crippen molar-refractivity contribution in [3.8, 4) is 5.75 Å². The molecule has 6 N–H and O–H groups in total. The van der Waals surface area contributed by atoms with Crippen molar-refractivity contribution < 1.29 is 24.2 Å². The Morgan fingerprint density at radius 1 is 1.09 bits per heavy atom. The van der Waals surface area contributed by atoms with Crippen LogP contribution in [-0.2, 0) is 22.4 Å². The first-order chi connectivity index (χ1) is 16.3. The van der Waals surface area contributed by atoms with Crippen LogP contribution in [0.2, 0.25) is 0 Å². The Hall–Kier alpha value is -3.72. The number of benzene rings is 2. The molecule has 0 aliphatic carbocycles. The highest BCUT2D eigenvalue weighted by molar-refractivity contribution is 6.33. The van der Waals surface area contributed by atoms with Crippen LogP contribution < -0.4 is 21.1 Å². The minimum atomic E-state index is -1.53. The average Bonchev–Trinajstić information content (AvgIpc) is 2.83. The zero-order chi connectivity index (χ0) is 24.5. The zero-order valence-electron chi connectivity index (χ0n) is 18.9. The van der Waals surface area contributed by atoms with Gasteiger partial charge < -0.3 is 26.2 Å². The number of hydrogen-bond donors (Lipinski definition) is 5. The Kier molecular flexibility index (Phi) is 8.75. The number of piperidine rings is 1. The number of rotatable bonds is 11. The van der Waals surface area contributed by atoms with Crippen molar-refractivity contribution in [2.45, 2.75) is 25.7 Å². The third-order valence-corrected chi connectivity index (χ3v) is 5.81. The fourth-order valence-corrected chi connectivity index (χ4v) is 3.89. The fourth-order valence-electron chi connectivity index (χ4n) is 3.89. The molecule has 2 aromatic carbocycles. The Labute approximate surface area is 198 Å². The number of Topliss-reactive ketones (excluding diaryl/α,β-unsaturated/α-hetero) is 1. The number of nitrogen functional groups attached to an aromatic ring is 1. The van der Waals surface area contributed by atoms with Gasteiger partial charge in [-0.25, -0.2) is 4.79 Å². The van der Waals surface area contributed by atoms with E-state index >= 15 is 0 Å². The normalized spacial score (nSPS) is 13.8. The summed E-state index contributed by atoms with van der Waals surface area (Å²) < 4.78 is 5.68. The predicted octanol–water partition coefficient (Wildman–Crippen LogP) is 1.52. The van der Waals surface area contributed by atoms with Crippen LogP contribution in [0.3, 0.4) is 0 Å². The number of amidine groups is 1. The number of carbonyl (C=O) groups excluding carboxylic acids is 2. The molecule has 0 radical (unpaired) electrons. The van der Waals surface area contributed by atoms with Gasteiger partial charge in [0.15, 0.2) is 0 Å². The number of carboxylic acid groups (broad SMARTS) is 1. The molecule has 9 heteroatoms. The van der Waals surface area contributed by atoms with Crippen molar-refractivity contribution in [1.82, 2.24) is 10.6 Å². The van der Waals surface area contributed by atoms with Crippen molar-refractivity contribution in [2.75, 3.05) is 26.2 Å².